The van der Waals surface area contributed by atoms with E-state index < -0.39 is 17.4 Å². The molecule has 0 aromatic heterocycles. The molecule has 0 aliphatic carbocycles. The van der Waals surface area contributed by atoms with Crippen molar-refractivity contribution in [2.24, 2.45) is 0 Å². The maximum absolute atomic E-state index is 14.0. The van der Waals surface area contributed by atoms with Crippen LogP contribution in [0.4, 0.5) is 4.39 Å². The highest BCUT2D eigenvalue weighted by Crippen LogP contribution is 2.17. The zero-order valence-electron chi connectivity index (χ0n) is 16.6. The average molecular weight is 405 g/mol. The number of halogens is 2. The van der Waals surface area contributed by atoms with Crippen molar-refractivity contribution < 1.29 is 14.0 Å². The molecule has 0 bridgehead atoms. The van der Waals surface area contributed by atoms with Crippen LogP contribution in [0.3, 0.4) is 0 Å². The van der Waals surface area contributed by atoms with Crippen LogP contribution in [0.25, 0.3) is 0 Å². The molecule has 0 saturated carbocycles. The van der Waals surface area contributed by atoms with Gasteiger partial charge in [0.25, 0.3) is 0 Å². The third kappa shape index (κ3) is 6.34. The topological polar surface area (TPSA) is 49.4 Å². The Balaban J connectivity index is 2.27. The van der Waals surface area contributed by atoms with Gasteiger partial charge in [-0.2, -0.15) is 0 Å². The molecular weight excluding hydrogens is 379 g/mol. The number of nitrogens with zero attached hydrogens (tertiary/aromatic N) is 1. The molecule has 2 aromatic rings. The van der Waals surface area contributed by atoms with E-state index >= 15 is 0 Å². The van der Waals surface area contributed by atoms with Gasteiger partial charge in [-0.05, 0) is 57.0 Å². The maximum Gasteiger partial charge on any atom is 0.242 e. The molecule has 2 amide bonds. The van der Waals surface area contributed by atoms with Crippen LogP contribution in [0, 0.1) is 5.82 Å². The van der Waals surface area contributed by atoms with E-state index in [0.29, 0.717) is 10.6 Å². The summed E-state index contributed by atoms with van der Waals surface area (Å²) >= 11 is 6.06. The van der Waals surface area contributed by atoms with Gasteiger partial charge in [0.1, 0.15) is 11.9 Å². The van der Waals surface area contributed by atoms with Crippen LogP contribution in [-0.2, 0) is 22.6 Å². The summed E-state index contributed by atoms with van der Waals surface area (Å²) in [6, 6.07) is 12.5. The zero-order valence-corrected chi connectivity index (χ0v) is 17.4. The molecule has 1 atom stereocenters. The van der Waals surface area contributed by atoms with Gasteiger partial charge in [0.05, 0.1) is 6.42 Å². The number of carbonyl (C=O) groups excluding carboxylic acids is 2. The Morgan fingerprint density at radius 2 is 1.82 bits per heavy atom. The van der Waals surface area contributed by atoms with E-state index in [9.17, 15) is 14.0 Å². The molecule has 6 heteroatoms. The third-order valence-electron chi connectivity index (χ3n) is 4.21. The molecule has 0 spiro atoms. The number of carbonyl (C=O) groups is 2. The molecule has 0 heterocycles. The first-order valence-electron chi connectivity index (χ1n) is 9.16. The predicted molar refractivity (Wildman–Crippen MR) is 109 cm³/mol. The Kier molecular flexibility index (Phi) is 7.19. The number of nitrogens with one attached hydrogen (secondary N) is 1. The van der Waals surface area contributed by atoms with E-state index in [-0.39, 0.29) is 24.8 Å². The summed E-state index contributed by atoms with van der Waals surface area (Å²) < 4.78 is 14.0. The van der Waals surface area contributed by atoms with Gasteiger partial charge >= 0.3 is 0 Å². The molecule has 2 rings (SSSR count). The first-order valence-corrected chi connectivity index (χ1v) is 9.54. The first-order chi connectivity index (χ1) is 13.1. The fourth-order valence-corrected chi connectivity index (χ4v) is 3.01. The maximum atomic E-state index is 14.0. The van der Waals surface area contributed by atoms with Gasteiger partial charge in [0, 0.05) is 17.1 Å². The van der Waals surface area contributed by atoms with Crippen molar-refractivity contribution in [3.8, 4) is 0 Å². The normalized spacial score (nSPS) is 12.4. The molecule has 0 fully saturated rings. The highest BCUT2D eigenvalue weighted by Gasteiger charge is 2.28. The molecule has 28 heavy (non-hydrogen) atoms. The Morgan fingerprint density at radius 1 is 1.14 bits per heavy atom. The fraction of sp³-hybridized carbons (Fsp3) is 0.364. The van der Waals surface area contributed by atoms with Gasteiger partial charge in [-0.25, -0.2) is 4.39 Å². The molecule has 2 aromatic carbocycles. The summed E-state index contributed by atoms with van der Waals surface area (Å²) in [6.07, 6.45) is -0.125. The number of hydrogen-bond donors (Lipinski definition) is 1. The highest BCUT2D eigenvalue weighted by atomic mass is 35.5. The summed E-state index contributed by atoms with van der Waals surface area (Å²) in [7, 11) is 0. The van der Waals surface area contributed by atoms with E-state index in [4.69, 9.17) is 11.6 Å². The van der Waals surface area contributed by atoms with Gasteiger partial charge in [-0.1, -0.05) is 41.9 Å². The second kappa shape index (κ2) is 9.20. The molecule has 0 aliphatic rings. The number of rotatable bonds is 6. The van der Waals surface area contributed by atoms with E-state index in [1.165, 1.54) is 11.0 Å². The second-order valence-electron chi connectivity index (χ2n) is 7.83. The van der Waals surface area contributed by atoms with Crippen molar-refractivity contribution in [1.82, 2.24) is 10.2 Å². The zero-order chi connectivity index (χ0) is 20.9. The highest BCUT2D eigenvalue weighted by molar-refractivity contribution is 6.30. The Hall–Kier alpha value is -2.40. The number of amides is 2. The van der Waals surface area contributed by atoms with Crippen molar-refractivity contribution in [2.45, 2.75) is 52.2 Å². The van der Waals surface area contributed by atoms with Crippen LogP contribution < -0.4 is 5.32 Å². The minimum Gasteiger partial charge on any atom is -0.350 e. The largest absolute Gasteiger partial charge is 0.350 e. The minimum atomic E-state index is -0.725. The van der Waals surface area contributed by atoms with Gasteiger partial charge < -0.3 is 10.2 Å². The second-order valence-corrected chi connectivity index (χ2v) is 8.27. The smallest absolute Gasteiger partial charge is 0.242 e. The van der Waals surface area contributed by atoms with Crippen LogP contribution in [-0.4, -0.2) is 28.3 Å². The van der Waals surface area contributed by atoms with Crippen LogP contribution in [0.1, 0.15) is 38.8 Å². The lowest BCUT2D eigenvalue weighted by Crippen LogP contribution is -2.52. The minimum absolute atomic E-state index is 0.125. The van der Waals surface area contributed by atoms with E-state index in [1.807, 2.05) is 26.8 Å². The average Bonchev–Trinajstić information content (AvgIpc) is 2.59. The monoisotopic (exact) mass is 404 g/mol. The van der Waals surface area contributed by atoms with E-state index in [0.717, 1.165) is 5.56 Å². The van der Waals surface area contributed by atoms with Crippen LogP contribution >= 0.6 is 11.6 Å². The standard InChI is InChI=1S/C22H26ClFN2O2/c1-15(21(28)25-22(2,3)4)26(14-16-8-7-10-18(23)12-16)20(27)13-17-9-5-6-11-19(17)24/h5-12,15H,13-14H2,1-4H3,(H,25,28)/t15-/m0/s1. The molecular formula is C22H26ClFN2O2. The number of benzene rings is 2. The number of hydrogen-bond acceptors (Lipinski definition) is 2. The molecule has 0 aliphatic heterocycles. The lowest BCUT2D eigenvalue weighted by atomic mass is 10.1. The van der Waals surface area contributed by atoms with Crippen LogP contribution in [0.15, 0.2) is 48.5 Å². The molecule has 1 N–H and O–H groups in total. The molecule has 0 radical (unpaired) electrons. The Labute approximate surface area is 170 Å². The van der Waals surface area contributed by atoms with Crippen LogP contribution in [0.5, 0.6) is 0 Å². The van der Waals surface area contributed by atoms with Crippen molar-refractivity contribution >= 4 is 23.4 Å². The van der Waals surface area contributed by atoms with Crippen molar-refractivity contribution in [3.05, 3.63) is 70.5 Å². The van der Waals surface area contributed by atoms with Gasteiger partial charge in [0.2, 0.25) is 11.8 Å². The van der Waals surface area contributed by atoms with Crippen LogP contribution in [0.2, 0.25) is 5.02 Å². The lowest BCUT2D eigenvalue weighted by molar-refractivity contribution is -0.140. The molecule has 150 valence electrons. The summed E-state index contributed by atoms with van der Waals surface area (Å²) in [6.45, 7) is 7.50. The summed E-state index contributed by atoms with van der Waals surface area (Å²) in [5, 5.41) is 3.44. The summed E-state index contributed by atoms with van der Waals surface area (Å²) in [4.78, 5) is 27.1. The first kappa shape index (κ1) is 21.9. The quantitative estimate of drug-likeness (QED) is 0.777. The SMILES string of the molecule is C[C@@H](C(=O)NC(C)(C)C)N(Cc1cccc(Cl)c1)C(=O)Cc1ccccc1F. The van der Waals surface area contributed by atoms with Crippen molar-refractivity contribution in [1.29, 1.82) is 0 Å². The Morgan fingerprint density at radius 3 is 2.43 bits per heavy atom. The summed E-state index contributed by atoms with van der Waals surface area (Å²) in [5.74, 6) is -1.04. The molecule has 0 saturated heterocycles. The lowest BCUT2D eigenvalue weighted by Gasteiger charge is -2.31. The van der Waals surface area contributed by atoms with E-state index in [1.54, 1.807) is 43.3 Å². The van der Waals surface area contributed by atoms with Crippen molar-refractivity contribution in [2.75, 3.05) is 0 Å². The van der Waals surface area contributed by atoms with Gasteiger partial charge in [-0.3, -0.25) is 9.59 Å². The van der Waals surface area contributed by atoms with Gasteiger partial charge in [-0.15, -0.1) is 0 Å². The van der Waals surface area contributed by atoms with E-state index in [2.05, 4.69) is 5.32 Å². The fourth-order valence-electron chi connectivity index (χ4n) is 2.79. The summed E-state index contributed by atoms with van der Waals surface area (Å²) in [5.41, 5.74) is 0.665. The van der Waals surface area contributed by atoms with Gasteiger partial charge in [0.15, 0.2) is 0 Å². The Bertz CT molecular complexity index is 848. The third-order valence-corrected chi connectivity index (χ3v) is 4.44. The molecule has 0 unspecified atom stereocenters. The molecule has 4 nitrogen and oxygen atoms in total. The van der Waals surface area contributed by atoms with Crippen molar-refractivity contribution in [3.63, 3.8) is 0 Å². The predicted octanol–water partition coefficient (Wildman–Crippen LogP) is 4.35.